The summed E-state index contributed by atoms with van der Waals surface area (Å²) in [6.45, 7) is 13.1. The standard InChI is InChI=1S/C14H25N3OS/c1-8-17(13(18)16(7)10(2)3)12-9-11(15-19-12)14(4,5)6/h9-10H,8H2,1-7H3. The highest BCUT2D eigenvalue weighted by Gasteiger charge is 2.24. The van der Waals surface area contributed by atoms with Crippen molar-refractivity contribution >= 4 is 22.6 Å². The number of urea groups is 1. The number of anilines is 1. The number of hydrogen-bond donors (Lipinski definition) is 0. The van der Waals surface area contributed by atoms with Gasteiger partial charge in [-0.15, -0.1) is 0 Å². The van der Waals surface area contributed by atoms with E-state index >= 15 is 0 Å². The minimum absolute atomic E-state index is 0.0150. The molecule has 1 aromatic rings. The number of rotatable bonds is 3. The Morgan fingerprint density at radius 2 is 2.00 bits per heavy atom. The van der Waals surface area contributed by atoms with E-state index < -0.39 is 0 Å². The summed E-state index contributed by atoms with van der Waals surface area (Å²) in [7, 11) is 1.83. The molecule has 0 saturated carbocycles. The molecule has 19 heavy (non-hydrogen) atoms. The summed E-state index contributed by atoms with van der Waals surface area (Å²) in [6, 6.07) is 2.25. The zero-order chi connectivity index (χ0) is 14.8. The van der Waals surface area contributed by atoms with E-state index in [9.17, 15) is 4.79 Å². The van der Waals surface area contributed by atoms with Crippen LogP contribution in [0, 0.1) is 0 Å². The van der Waals surface area contributed by atoms with Crippen molar-refractivity contribution in [1.82, 2.24) is 9.27 Å². The fraction of sp³-hybridized carbons (Fsp3) is 0.714. The van der Waals surface area contributed by atoms with Crippen LogP contribution < -0.4 is 4.90 Å². The Balaban J connectivity index is 2.98. The van der Waals surface area contributed by atoms with Gasteiger partial charge in [0.1, 0.15) is 5.00 Å². The smallest absolute Gasteiger partial charge is 0.325 e. The molecule has 0 atom stereocenters. The van der Waals surface area contributed by atoms with E-state index in [2.05, 4.69) is 25.1 Å². The van der Waals surface area contributed by atoms with Gasteiger partial charge in [0.2, 0.25) is 0 Å². The molecule has 1 aromatic heterocycles. The van der Waals surface area contributed by atoms with Crippen molar-refractivity contribution in [2.45, 2.75) is 53.0 Å². The molecule has 0 saturated heterocycles. The number of amides is 2. The predicted octanol–water partition coefficient (Wildman–Crippen LogP) is 3.73. The van der Waals surface area contributed by atoms with Gasteiger partial charge in [-0.05, 0) is 38.4 Å². The van der Waals surface area contributed by atoms with Crippen molar-refractivity contribution in [2.24, 2.45) is 0 Å². The quantitative estimate of drug-likeness (QED) is 0.847. The van der Waals surface area contributed by atoms with Crippen LogP contribution in [0.5, 0.6) is 0 Å². The fourth-order valence-electron chi connectivity index (χ4n) is 1.54. The molecule has 0 aliphatic carbocycles. The second kappa shape index (κ2) is 5.90. The predicted molar refractivity (Wildman–Crippen MR) is 82.1 cm³/mol. The summed E-state index contributed by atoms with van der Waals surface area (Å²) in [5.41, 5.74) is 1.05. The fourth-order valence-corrected chi connectivity index (χ4v) is 2.53. The molecule has 2 amide bonds. The van der Waals surface area contributed by atoms with E-state index in [1.165, 1.54) is 11.5 Å². The molecule has 0 fully saturated rings. The zero-order valence-electron chi connectivity index (χ0n) is 13.0. The first kappa shape index (κ1) is 16.0. The summed E-state index contributed by atoms with van der Waals surface area (Å²) in [6.07, 6.45) is 0. The van der Waals surface area contributed by atoms with Gasteiger partial charge in [0.05, 0.1) is 5.69 Å². The van der Waals surface area contributed by atoms with Crippen LogP contribution >= 0.6 is 11.5 Å². The molecular weight excluding hydrogens is 258 g/mol. The van der Waals surface area contributed by atoms with Crippen LogP contribution in [0.2, 0.25) is 0 Å². The highest BCUT2D eigenvalue weighted by Crippen LogP contribution is 2.29. The summed E-state index contributed by atoms with van der Waals surface area (Å²) in [5, 5.41) is 0.921. The van der Waals surface area contributed by atoms with Crippen LogP contribution in [0.25, 0.3) is 0 Å². The topological polar surface area (TPSA) is 36.4 Å². The Bertz CT molecular complexity index is 434. The molecule has 0 radical (unpaired) electrons. The lowest BCUT2D eigenvalue weighted by molar-refractivity contribution is 0.205. The van der Waals surface area contributed by atoms with Gasteiger partial charge in [-0.25, -0.2) is 4.79 Å². The molecule has 0 bridgehead atoms. The summed E-state index contributed by atoms with van der Waals surface area (Å²) < 4.78 is 4.47. The Labute approximate surface area is 120 Å². The average Bonchev–Trinajstić information content (AvgIpc) is 2.77. The first-order valence-corrected chi connectivity index (χ1v) is 7.47. The second-order valence-corrected chi connectivity index (χ2v) is 6.82. The van der Waals surface area contributed by atoms with Gasteiger partial charge in [0.15, 0.2) is 0 Å². The Kier molecular flexibility index (Phi) is 4.96. The van der Waals surface area contributed by atoms with Gasteiger partial charge < -0.3 is 4.90 Å². The van der Waals surface area contributed by atoms with Crippen molar-refractivity contribution in [1.29, 1.82) is 0 Å². The van der Waals surface area contributed by atoms with Crippen molar-refractivity contribution in [3.63, 3.8) is 0 Å². The Morgan fingerprint density at radius 3 is 2.37 bits per heavy atom. The number of nitrogens with zero attached hydrogens (tertiary/aromatic N) is 3. The van der Waals surface area contributed by atoms with Crippen LogP contribution in [-0.2, 0) is 5.41 Å². The first-order chi connectivity index (χ1) is 8.68. The molecule has 0 aromatic carbocycles. The molecule has 0 aliphatic heterocycles. The normalized spacial score (nSPS) is 11.8. The van der Waals surface area contributed by atoms with Gasteiger partial charge in [-0.1, -0.05) is 20.8 Å². The average molecular weight is 283 g/mol. The molecule has 0 spiro atoms. The first-order valence-electron chi connectivity index (χ1n) is 6.70. The van der Waals surface area contributed by atoms with Crippen molar-refractivity contribution in [3.8, 4) is 0 Å². The lowest BCUT2D eigenvalue weighted by atomic mass is 9.92. The lowest BCUT2D eigenvalue weighted by Crippen LogP contribution is -2.44. The van der Waals surface area contributed by atoms with Crippen LogP contribution in [0.15, 0.2) is 6.07 Å². The molecule has 108 valence electrons. The number of carbonyl (C=O) groups is 1. The van der Waals surface area contributed by atoms with Gasteiger partial charge in [-0.3, -0.25) is 4.90 Å². The van der Waals surface area contributed by atoms with Gasteiger partial charge in [0.25, 0.3) is 0 Å². The third kappa shape index (κ3) is 3.69. The van der Waals surface area contributed by atoms with Gasteiger partial charge >= 0.3 is 6.03 Å². The summed E-state index contributed by atoms with van der Waals surface area (Å²) in [4.78, 5) is 15.9. The largest absolute Gasteiger partial charge is 0.325 e. The van der Waals surface area contributed by atoms with E-state index in [1.54, 1.807) is 9.80 Å². The molecule has 0 unspecified atom stereocenters. The third-order valence-corrected chi connectivity index (χ3v) is 3.97. The minimum atomic E-state index is 0.0150. The van der Waals surface area contributed by atoms with Crippen LogP contribution in [0.3, 0.4) is 0 Å². The van der Waals surface area contributed by atoms with E-state index in [0.29, 0.717) is 6.54 Å². The molecule has 4 nitrogen and oxygen atoms in total. The van der Waals surface area contributed by atoms with Crippen molar-refractivity contribution in [3.05, 3.63) is 11.8 Å². The number of carbonyl (C=O) groups excluding carboxylic acids is 1. The van der Waals surface area contributed by atoms with E-state index in [0.717, 1.165) is 10.7 Å². The lowest BCUT2D eigenvalue weighted by Gasteiger charge is -2.28. The molecule has 0 aliphatic rings. The summed E-state index contributed by atoms with van der Waals surface area (Å²) in [5.74, 6) is 0. The van der Waals surface area contributed by atoms with Gasteiger partial charge in [0, 0.05) is 25.0 Å². The monoisotopic (exact) mass is 283 g/mol. The van der Waals surface area contributed by atoms with Crippen LogP contribution in [0.4, 0.5) is 9.80 Å². The highest BCUT2D eigenvalue weighted by atomic mass is 32.1. The highest BCUT2D eigenvalue weighted by molar-refractivity contribution is 7.10. The SMILES string of the molecule is CCN(C(=O)N(C)C(C)C)c1cc(C(C)(C)C)ns1. The maximum atomic E-state index is 12.4. The molecular formula is C14H25N3OS. The molecule has 5 heteroatoms. The summed E-state index contributed by atoms with van der Waals surface area (Å²) >= 11 is 1.39. The van der Waals surface area contributed by atoms with Gasteiger partial charge in [-0.2, -0.15) is 4.37 Å². The Hall–Kier alpha value is -1.10. The molecule has 0 N–H and O–H groups in total. The maximum Gasteiger partial charge on any atom is 0.325 e. The van der Waals surface area contributed by atoms with E-state index in [-0.39, 0.29) is 17.5 Å². The number of aromatic nitrogens is 1. The minimum Gasteiger partial charge on any atom is -0.325 e. The van der Waals surface area contributed by atoms with Crippen LogP contribution in [-0.4, -0.2) is 34.9 Å². The Morgan fingerprint density at radius 1 is 1.42 bits per heavy atom. The maximum absolute atomic E-state index is 12.4. The molecule has 1 heterocycles. The number of hydrogen-bond acceptors (Lipinski definition) is 3. The van der Waals surface area contributed by atoms with E-state index in [4.69, 9.17) is 0 Å². The zero-order valence-corrected chi connectivity index (χ0v) is 13.8. The van der Waals surface area contributed by atoms with Crippen molar-refractivity contribution < 1.29 is 4.79 Å². The third-order valence-electron chi connectivity index (χ3n) is 3.16. The van der Waals surface area contributed by atoms with E-state index in [1.807, 2.05) is 33.9 Å². The van der Waals surface area contributed by atoms with Crippen LogP contribution in [0.1, 0.15) is 47.2 Å². The van der Waals surface area contributed by atoms with Crippen molar-refractivity contribution in [2.75, 3.05) is 18.5 Å². The molecule has 1 rings (SSSR count). The second-order valence-electron chi connectivity index (χ2n) is 6.03.